The third-order valence-electron chi connectivity index (χ3n) is 5.22. The quantitative estimate of drug-likeness (QED) is 0.141. The molecule has 35 heavy (non-hydrogen) atoms. The second-order valence-electron chi connectivity index (χ2n) is 7.96. The number of benzene rings is 2. The van der Waals surface area contributed by atoms with E-state index in [2.05, 4.69) is 10.6 Å². The van der Waals surface area contributed by atoms with Gasteiger partial charge in [0.1, 0.15) is 18.5 Å². The number of carbonyl (C=O) groups is 3. The van der Waals surface area contributed by atoms with E-state index in [1.54, 1.807) is 6.92 Å². The van der Waals surface area contributed by atoms with Crippen LogP contribution in [0.4, 0.5) is 4.79 Å². The first-order valence-electron chi connectivity index (χ1n) is 11.7. The standard InChI is InChI=1S/C26H34N4O5/c1-2-34-23(31)16-15-22(30-26(33)35-18-20-9-4-3-5-10-20)25(32)29-17-7-6-8-19-11-13-21(14-12-19)24(27)28/h3-5,9-14,22H,2,6-8,15-18H2,1H3,(H3,27,28)(H,29,32)(H,30,33)/t22-/m1/s1. The number of amidine groups is 1. The van der Waals surface area contributed by atoms with Crippen LogP contribution in [0.25, 0.3) is 0 Å². The lowest BCUT2D eigenvalue weighted by atomic mass is 10.1. The van der Waals surface area contributed by atoms with Gasteiger partial charge in [-0.2, -0.15) is 0 Å². The molecular weight excluding hydrogens is 448 g/mol. The van der Waals surface area contributed by atoms with Crippen LogP contribution in [-0.4, -0.2) is 43.0 Å². The summed E-state index contributed by atoms with van der Waals surface area (Å²) in [5.74, 6) is -0.772. The van der Waals surface area contributed by atoms with Gasteiger partial charge < -0.3 is 25.8 Å². The molecule has 0 fully saturated rings. The van der Waals surface area contributed by atoms with Gasteiger partial charge >= 0.3 is 12.1 Å². The molecule has 0 heterocycles. The molecule has 0 saturated heterocycles. The van der Waals surface area contributed by atoms with Gasteiger partial charge in [-0.15, -0.1) is 0 Å². The van der Waals surface area contributed by atoms with E-state index in [0.29, 0.717) is 12.1 Å². The van der Waals surface area contributed by atoms with Gasteiger partial charge in [0.15, 0.2) is 0 Å². The summed E-state index contributed by atoms with van der Waals surface area (Å²) in [5.41, 5.74) is 8.10. The van der Waals surface area contributed by atoms with Gasteiger partial charge in [-0.05, 0) is 43.7 Å². The van der Waals surface area contributed by atoms with Crippen molar-refractivity contribution in [3.05, 3.63) is 71.3 Å². The number of amides is 2. The molecule has 0 spiro atoms. The lowest BCUT2D eigenvalue weighted by Crippen LogP contribution is -2.47. The second kappa shape index (κ2) is 15.1. The lowest BCUT2D eigenvalue weighted by molar-refractivity contribution is -0.143. The molecule has 0 aliphatic carbocycles. The summed E-state index contributed by atoms with van der Waals surface area (Å²) in [6.45, 7) is 2.46. The Balaban J connectivity index is 1.79. The van der Waals surface area contributed by atoms with E-state index in [1.165, 1.54) is 0 Å². The van der Waals surface area contributed by atoms with Crippen LogP contribution in [0.2, 0.25) is 0 Å². The Morgan fingerprint density at radius 3 is 2.34 bits per heavy atom. The number of carbonyl (C=O) groups excluding carboxylic acids is 3. The van der Waals surface area contributed by atoms with Crippen molar-refractivity contribution in [3.63, 3.8) is 0 Å². The molecule has 9 nitrogen and oxygen atoms in total. The Hall–Kier alpha value is -3.88. The maximum atomic E-state index is 12.7. The zero-order valence-electron chi connectivity index (χ0n) is 20.0. The van der Waals surface area contributed by atoms with Crippen molar-refractivity contribution in [1.82, 2.24) is 10.6 Å². The molecule has 1 atom stereocenters. The number of alkyl carbamates (subject to hydrolysis) is 1. The smallest absolute Gasteiger partial charge is 0.408 e. The first-order valence-corrected chi connectivity index (χ1v) is 11.7. The first-order chi connectivity index (χ1) is 16.9. The minimum Gasteiger partial charge on any atom is -0.466 e. The van der Waals surface area contributed by atoms with Crippen LogP contribution < -0.4 is 16.4 Å². The van der Waals surface area contributed by atoms with E-state index in [0.717, 1.165) is 30.4 Å². The molecule has 0 saturated carbocycles. The number of esters is 1. The fourth-order valence-electron chi connectivity index (χ4n) is 3.31. The van der Waals surface area contributed by atoms with Crippen LogP contribution in [0.3, 0.4) is 0 Å². The van der Waals surface area contributed by atoms with Crippen molar-refractivity contribution >= 4 is 23.8 Å². The molecule has 0 aliphatic rings. The molecular formula is C26H34N4O5. The summed E-state index contributed by atoms with van der Waals surface area (Å²) in [7, 11) is 0. The molecule has 0 unspecified atom stereocenters. The van der Waals surface area contributed by atoms with Crippen LogP contribution in [-0.2, 0) is 32.1 Å². The maximum absolute atomic E-state index is 12.7. The van der Waals surface area contributed by atoms with Crippen molar-refractivity contribution in [2.24, 2.45) is 5.73 Å². The number of ether oxygens (including phenoxy) is 2. The average Bonchev–Trinajstić information content (AvgIpc) is 2.86. The van der Waals surface area contributed by atoms with Gasteiger partial charge in [0, 0.05) is 18.5 Å². The van der Waals surface area contributed by atoms with Crippen LogP contribution in [0.1, 0.15) is 49.3 Å². The molecule has 0 radical (unpaired) electrons. The number of hydrogen-bond acceptors (Lipinski definition) is 6. The van der Waals surface area contributed by atoms with Gasteiger partial charge in [-0.3, -0.25) is 15.0 Å². The third kappa shape index (κ3) is 10.7. The summed E-state index contributed by atoms with van der Waals surface area (Å²) < 4.78 is 10.1. The van der Waals surface area contributed by atoms with Gasteiger partial charge in [-0.1, -0.05) is 54.6 Å². The van der Waals surface area contributed by atoms with Gasteiger partial charge in [0.25, 0.3) is 0 Å². The largest absolute Gasteiger partial charge is 0.466 e. The topological polar surface area (TPSA) is 144 Å². The summed E-state index contributed by atoms with van der Waals surface area (Å²) in [4.78, 5) is 36.7. The molecule has 2 amide bonds. The van der Waals surface area contributed by atoms with E-state index < -0.39 is 18.1 Å². The zero-order chi connectivity index (χ0) is 25.5. The van der Waals surface area contributed by atoms with Crippen molar-refractivity contribution in [2.45, 2.75) is 51.7 Å². The fraction of sp³-hybridized carbons (Fsp3) is 0.385. The van der Waals surface area contributed by atoms with E-state index in [1.807, 2.05) is 54.6 Å². The predicted molar refractivity (Wildman–Crippen MR) is 133 cm³/mol. The number of nitrogen functional groups attached to an aromatic ring is 1. The molecule has 9 heteroatoms. The van der Waals surface area contributed by atoms with E-state index >= 15 is 0 Å². The number of nitrogens with one attached hydrogen (secondary N) is 3. The Morgan fingerprint density at radius 1 is 0.971 bits per heavy atom. The Bertz CT molecular complexity index is 963. The summed E-state index contributed by atoms with van der Waals surface area (Å²) >= 11 is 0. The molecule has 2 aromatic carbocycles. The Morgan fingerprint density at radius 2 is 1.69 bits per heavy atom. The van der Waals surface area contributed by atoms with Crippen LogP contribution >= 0.6 is 0 Å². The van der Waals surface area contributed by atoms with E-state index in [4.69, 9.17) is 20.6 Å². The summed E-state index contributed by atoms with van der Waals surface area (Å²) in [6, 6.07) is 15.8. The van der Waals surface area contributed by atoms with Gasteiger partial charge in [0.2, 0.25) is 5.91 Å². The molecule has 2 aromatic rings. The monoisotopic (exact) mass is 482 g/mol. The molecule has 5 N–H and O–H groups in total. The zero-order valence-corrected chi connectivity index (χ0v) is 20.0. The minimum atomic E-state index is -0.915. The first kappa shape index (κ1) is 27.4. The molecule has 2 rings (SSSR count). The number of aryl methyl sites for hydroxylation is 1. The van der Waals surface area contributed by atoms with Gasteiger partial charge in [0.05, 0.1) is 6.61 Å². The third-order valence-corrected chi connectivity index (χ3v) is 5.22. The second-order valence-corrected chi connectivity index (χ2v) is 7.96. The number of hydrogen-bond donors (Lipinski definition) is 4. The number of rotatable bonds is 14. The average molecular weight is 483 g/mol. The SMILES string of the molecule is CCOC(=O)CC[C@@H](NC(=O)OCc1ccccc1)C(=O)NCCCCc1ccc(C(=N)N)cc1. The molecule has 0 bridgehead atoms. The Kier molecular flexibility index (Phi) is 11.8. The number of nitrogens with two attached hydrogens (primary N) is 1. The molecule has 188 valence electrons. The lowest BCUT2D eigenvalue weighted by Gasteiger charge is -2.18. The van der Waals surface area contributed by atoms with E-state index in [-0.39, 0.29) is 37.8 Å². The van der Waals surface area contributed by atoms with Crippen LogP contribution in [0.5, 0.6) is 0 Å². The van der Waals surface area contributed by atoms with Crippen molar-refractivity contribution in [1.29, 1.82) is 5.41 Å². The van der Waals surface area contributed by atoms with E-state index in [9.17, 15) is 14.4 Å². The highest BCUT2D eigenvalue weighted by atomic mass is 16.5. The van der Waals surface area contributed by atoms with Crippen molar-refractivity contribution in [3.8, 4) is 0 Å². The van der Waals surface area contributed by atoms with Crippen molar-refractivity contribution in [2.75, 3.05) is 13.2 Å². The Labute approximate surface area is 205 Å². The normalized spacial score (nSPS) is 11.2. The highest BCUT2D eigenvalue weighted by Gasteiger charge is 2.22. The number of unbranched alkanes of at least 4 members (excludes halogenated alkanes) is 1. The minimum absolute atomic E-state index is 0.00114. The summed E-state index contributed by atoms with van der Waals surface area (Å²) in [5, 5.41) is 12.8. The highest BCUT2D eigenvalue weighted by Crippen LogP contribution is 2.08. The predicted octanol–water partition coefficient (Wildman–Crippen LogP) is 3.05. The van der Waals surface area contributed by atoms with Crippen molar-refractivity contribution < 1.29 is 23.9 Å². The van der Waals surface area contributed by atoms with Gasteiger partial charge in [-0.25, -0.2) is 4.79 Å². The molecule has 0 aliphatic heterocycles. The van der Waals surface area contributed by atoms with Crippen LogP contribution in [0.15, 0.2) is 54.6 Å². The fourth-order valence-corrected chi connectivity index (χ4v) is 3.31. The van der Waals surface area contributed by atoms with Crippen LogP contribution in [0, 0.1) is 5.41 Å². The highest BCUT2D eigenvalue weighted by molar-refractivity contribution is 5.94. The maximum Gasteiger partial charge on any atom is 0.408 e. The molecule has 0 aromatic heterocycles. The summed E-state index contributed by atoms with van der Waals surface area (Å²) in [6.07, 6.45) is 1.79.